The normalized spacial score (nSPS) is 14.9. The first-order chi connectivity index (χ1) is 7.27. The standard InChI is InChI=1S/C9H8N4O2/c14-9(15)13-4-3-12-8(6-13)7-5-10-1-2-11-7/h1-3,5-6H,4H2,(H,14,15). The molecule has 0 radical (unpaired) electrons. The van der Waals surface area contributed by atoms with Gasteiger partial charge in [-0.1, -0.05) is 0 Å². The number of aromatic nitrogens is 2. The molecule has 0 saturated heterocycles. The Morgan fingerprint density at radius 2 is 2.33 bits per heavy atom. The Labute approximate surface area is 85.6 Å². The van der Waals surface area contributed by atoms with Crippen LogP contribution in [0.15, 0.2) is 29.8 Å². The van der Waals surface area contributed by atoms with E-state index in [0.717, 1.165) is 4.90 Å². The molecule has 15 heavy (non-hydrogen) atoms. The van der Waals surface area contributed by atoms with Gasteiger partial charge in [0.15, 0.2) is 0 Å². The fraction of sp³-hybridized carbons (Fsp3) is 0.111. The molecule has 0 saturated carbocycles. The van der Waals surface area contributed by atoms with Gasteiger partial charge in [0.25, 0.3) is 0 Å². The zero-order valence-corrected chi connectivity index (χ0v) is 7.74. The minimum absolute atomic E-state index is 0.263. The van der Waals surface area contributed by atoms with Gasteiger partial charge in [0.2, 0.25) is 0 Å². The predicted molar refractivity (Wildman–Crippen MR) is 53.2 cm³/mol. The van der Waals surface area contributed by atoms with Gasteiger partial charge in [0.05, 0.1) is 12.7 Å². The third kappa shape index (κ3) is 1.98. The van der Waals surface area contributed by atoms with Crippen molar-refractivity contribution in [2.45, 2.75) is 0 Å². The molecule has 0 aromatic carbocycles. The van der Waals surface area contributed by atoms with Crippen molar-refractivity contribution in [3.8, 4) is 0 Å². The van der Waals surface area contributed by atoms with E-state index in [-0.39, 0.29) is 6.54 Å². The molecule has 1 aliphatic rings. The topological polar surface area (TPSA) is 78.7 Å². The summed E-state index contributed by atoms with van der Waals surface area (Å²) in [5, 5.41) is 8.79. The average molecular weight is 204 g/mol. The Balaban J connectivity index is 2.30. The van der Waals surface area contributed by atoms with Gasteiger partial charge in [-0.3, -0.25) is 19.9 Å². The van der Waals surface area contributed by atoms with Gasteiger partial charge in [0.1, 0.15) is 11.4 Å². The van der Waals surface area contributed by atoms with Crippen molar-refractivity contribution in [1.82, 2.24) is 14.9 Å². The van der Waals surface area contributed by atoms with Gasteiger partial charge in [-0.15, -0.1) is 0 Å². The van der Waals surface area contributed by atoms with Crippen LogP contribution < -0.4 is 0 Å². The molecule has 0 unspecified atom stereocenters. The maximum Gasteiger partial charge on any atom is 0.411 e. The Hall–Kier alpha value is -2.24. The molecule has 6 heteroatoms. The fourth-order valence-electron chi connectivity index (χ4n) is 1.16. The summed E-state index contributed by atoms with van der Waals surface area (Å²) < 4.78 is 0. The molecule has 1 aliphatic heterocycles. The highest BCUT2D eigenvalue weighted by molar-refractivity contribution is 5.81. The number of carbonyl (C=O) groups is 1. The van der Waals surface area contributed by atoms with E-state index in [4.69, 9.17) is 5.11 Å². The minimum Gasteiger partial charge on any atom is -0.465 e. The third-order valence-electron chi connectivity index (χ3n) is 1.86. The van der Waals surface area contributed by atoms with E-state index < -0.39 is 6.09 Å². The zero-order valence-electron chi connectivity index (χ0n) is 7.74. The first-order valence-corrected chi connectivity index (χ1v) is 4.27. The van der Waals surface area contributed by atoms with E-state index in [1.807, 2.05) is 0 Å². The van der Waals surface area contributed by atoms with Crippen molar-refractivity contribution in [3.63, 3.8) is 0 Å². The maximum absolute atomic E-state index is 10.7. The molecular formula is C9H8N4O2. The van der Waals surface area contributed by atoms with Crippen molar-refractivity contribution < 1.29 is 9.90 Å². The quantitative estimate of drug-likeness (QED) is 0.735. The van der Waals surface area contributed by atoms with Crippen molar-refractivity contribution in [2.24, 2.45) is 4.99 Å². The highest BCUT2D eigenvalue weighted by atomic mass is 16.4. The van der Waals surface area contributed by atoms with Crippen molar-refractivity contribution in [3.05, 3.63) is 30.5 Å². The number of hydrogen-bond donors (Lipinski definition) is 1. The van der Waals surface area contributed by atoms with E-state index in [2.05, 4.69) is 15.0 Å². The molecule has 0 atom stereocenters. The third-order valence-corrected chi connectivity index (χ3v) is 1.86. The van der Waals surface area contributed by atoms with Gasteiger partial charge >= 0.3 is 6.09 Å². The van der Waals surface area contributed by atoms with Gasteiger partial charge in [0, 0.05) is 24.8 Å². The lowest BCUT2D eigenvalue weighted by atomic mass is 10.3. The molecule has 1 N–H and O–H groups in total. The second-order valence-corrected chi connectivity index (χ2v) is 2.85. The molecule has 0 aliphatic carbocycles. The maximum atomic E-state index is 10.7. The molecule has 2 heterocycles. The largest absolute Gasteiger partial charge is 0.465 e. The number of rotatable bonds is 1. The van der Waals surface area contributed by atoms with E-state index in [0.29, 0.717) is 11.4 Å². The molecular weight excluding hydrogens is 196 g/mol. The second kappa shape index (κ2) is 3.87. The number of aliphatic imine (C=N–C) groups is 1. The lowest BCUT2D eigenvalue weighted by Crippen LogP contribution is -2.27. The summed E-state index contributed by atoms with van der Waals surface area (Å²) in [6.07, 6.45) is 6.57. The summed E-state index contributed by atoms with van der Waals surface area (Å²) in [5.74, 6) is 0. The van der Waals surface area contributed by atoms with Crippen LogP contribution in [0.5, 0.6) is 0 Å². The average Bonchev–Trinajstić information content (AvgIpc) is 2.30. The van der Waals surface area contributed by atoms with Crippen LogP contribution in [0.2, 0.25) is 0 Å². The second-order valence-electron chi connectivity index (χ2n) is 2.85. The van der Waals surface area contributed by atoms with Gasteiger partial charge in [-0.2, -0.15) is 0 Å². The van der Waals surface area contributed by atoms with Crippen molar-refractivity contribution in [2.75, 3.05) is 6.54 Å². The zero-order chi connectivity index (χ0) is 10.7. The van der Waals surface area contributed by atoms with Crippen LogP contribution in [0.25, 0.3) is 5.70 Å². The number of amides is 1. The lowest BCUT2D eigenvalue weighted by Gasteiger charge is -2.16. The highest BCUT2D eigenvalue weighted by Crippen LogP contribution is 2.15. The predicted octanol–water partition coefficient (Wildman–Crippen LogP) is 0.839. The summed E-state index contributed by atoms with van der Waals surface area (Å²) in [5.41, 5.74) is 1.05. The van der Waals surface area contributed by atoms with E-state index in [1.165, 1.54) is 24.8 Å². The summed E-state index contributed by atoms with van der Waals surface area (Å²) in [6.45, 7) is 0.263. The lowest BCUT2D eigenvalue weighted by molar-refractivity contribution is 0.168. The number of nitrogens with zero attached hydrogens (tertiary/aromatic N) is 4. The first kappa shape index (κ1) is 9.32. The highest BCUT2D eigenvalue weighted by Gasteiger charge is 2.13. The number of hydrogen-bond acceptors (Lipinski definition) is 4. The van der Waals surface area contributed by atoms with Crippen LogP contribution in [-0.2, 0) is 0 Å². The van der Waals surface area contributed by atoms with Crippen LogP contribution >= 0.6 is 0 Å². The van der Waals surface area contributed by atoms with Crippen LogP contribution in [0.3, 0.4) is 0 Å². The Morgan fingerprint density at radius 3 is 3.00 bits per heavy atom. The van der Waals surface area contributed by atoms with Gasteiger partial charge in [-0.05, 0) is 0 Å². The smallest absolute Gasteiger partial charge is 0.411 e. The van der Waals surface area contributed by atoms with Crippen molar-refractivity contribution in [1.29, 1.82) is 0 Å². The number of carboxylic acid groups (broad SMARTS) is 1. The van der Waals surface area contributed by atoms with E-state index >= 15 is 0 Å². The van der Waals surface area contributed by atoms with E-state index in [9.17, 15) is 4.79 Å². The molecule has 6 nitrogen and oxygen atoms in total. The monoisotopic (exact) mass is 204 g/mol. The summed E-state index contributed by atoms with van der Waals surface area (Å²) in [6, 6.07) is 0. The van der Waals surface area contributed by atoms with Crippen LogP contribution in [-0.4, -0.2) is 38.8 Å². The molecule has 1 amide bonds. The first-order valence-electron chi connectivity index (χ1n) is 4.27. The molecule has 1 aromatic rings. The molecule has 0 fully saturated rings. The minimum atomic E-state index is -1.01. The van der Waals surface area contributed by atoms with Gasteiger partial charge in [-0.25, -0.2) is 4.79 Å². The fourth-order valence-corrected chi connectivity index (χ4v) is 1.16. The van der Waals surface area contributed by atoms with Gasteiger partial charge < -0.3 is 5.11 Å². The van der Waals surface area contributed by atoms with Crippen LogP contribution in [0.1, 0.15) is 5.69 Å². The molecule has 1 aromatic heterocycles. The molecule has 76 valence electrons. The molecule has 0 bridgehead atoms. The Bertz CT molecular complexity index is 427. The Morgan fingerprint density at radius 1 is 1.47 bits per heavy atom. The van der Waals surface area contributed by atoms with Crippen molar-refractivity contribution >= 4 is 18.0 Å². The SMILES string of the molecule is O=C(O)N1C=C(c2cnccn2)N=CC1. The van der Waals surface area contributed by atoms with Crippen LogP contribution in [0.4, 0.5) is 4.79 Å². The van der Waals surface area contributed by atoms with E-state index in [1.54, 1.807) is 6.20 Å². The summed E-state index contributed by atoms with van der Waals surface area (Å²) in [7, 11) is 0. The molecule has 0 spiro atoms. The van der Waals surface area contributed by atoms with Crippen LogP contribution in [0, 0.1) is 0 Å². The Kier molecular flexibility index (Phi) is 2.40. The summed E-state index contributed by atoms with van der Waals surface area (Å²) >= 11 is 0. The summed E-state index contributed by atoms with van der Waals surface area (Å²) in [4.78, 5) is 23.8. The molecule has 2 rings (SSSR count).